The molecule has 0 amide bonds. The Morgan fingerprint density at radius 2 is 2.25 bits per heavy atom. The third kappa shape index (κ3) is 4.06. The molecule has 2 aromatic rings. The molecule has 0 unspecified atom stereocenters. The molecule has 0 aliphatic heterocycles. The fourth-order valence-electron chi connectivity index (χ4n) is 1.98. The number of rotatable bonds is 7. The van der Waals surface area contributed by atoms with Crippen LogP contribution in [0.5, 0.6) is 5.88 Å². The smallest absolute Gasteiger partial charge is 0.213 e. The average molecular weight is 274 g/mol. The molecule has 0 fully saturated rings. The van der Waals surface area contributed by atoms with Gasteiger partial charge in [-0.3, -0.25) is 0 Å². The molecule has 108 valence electrons. The molecule has 2 aromatic heterocycles. The summed E-state index contributed by atoms with van der Waals surface area (Å²) in [5, 5.41) is 3.44. The Morgan fingerprint density at radius 1 is 1.40 bits per heavy atom. The van der Waals surface area contributed by atoms with Gasteiger partial charge in [0, 0.05) is 31.5 Å². The Bertz CT molecular complexity index is 536. The Balaban J connectivity index is 2.00. The number of nitrogens with zero attached hydrogens (tertiary/aromatic N) is 3. The predicted molar refractivity (Wildman–Crippen MR) is 78.7 cm³/mol. The first-order valence-corrected chi connectivity index (χ1v) is 6.87. The summed E-state index contributed by atoms with van der Waals surface area (Å²) in [5.74, 6) is 1.29. The number of nitrogens with one attached hydrogen (secondary N) is 1. The summed E-state index contributed by atoms with van der Waals surface area (Å²) >= 11 is 0. The van der Waals surface area contributed by atoms with E-state index < -0.39 is 0 Å². The molecule has 0 saturated carbocycles. The number of ether oxygens (including phenoxy) is 1. The van der Waals surface area contributed by atoms with E-state index >= 15 is 0 Å². The van der Waals surface area contributed by atoms with Crippen molar-refractivity contribution in [3.05, 3.63) is 42.1 Å². The Morgan fingerprint density at radius 3 is 3.00 bits per heavy atom. The van der Waals surface area contributed by atoms with Crippen LogP contribution in [0.2, 0.25) is 0 Å². The van der Waals surface area contributed by atoms with Gasteiger partial charge in [-0.1, -0.05) is 13.8 Å². The summed E-state index contributed by atoms with van der Waals surface area (Å²) in [6, 6.07) is 3.94. The van der Waals surface area contributed by atoms with E-state index in [1.807, 2.05) is 24.7 Å². The molecule has 5 heteroatoms. The molecule has 0 aliphatic rings. The molecule has 2 rings (SSSR count). The Hall–Kier alpha value is -1.88. The molecule has 0 saturated heterocycles. The number of pyridine rings is 1. The zero-order chi connectivity index (χ0) is 14.4. The van der Waals surface area contributed by atoms with Gasteiger partial charge in [0.15, 0.2) is 0 Å². The molecule has 5 nitrogen and oxygen atoms in total. The van der Waals surface area contributed by atoms with Crippen LogP contribution in [-0.2, 0) is 13.1 Å². The van der Waals surface area contributed by atoms with Crippen LogP contribution in [-0.4, -0.2) is 28.2 Å². The third-order valence-corrected chi connectivity index (χ3v) is 3.02. The van der Waals surface area contributed by atoms with Crippen molar-refractivity contribution in [3.8, 4) is 5.88 Å². The van der Waals surface area contributed by atoms with Crippen LogP contribution in [0, 0.1) is 5.92 Å². The maximum absolute atomic E-state index is 5.15. The van der Waals surface area contributed by atoms with Crippen molar-refractivity contribution in [3.63, 3.8) is 0 Å². The summed E-state index contributed by atoms with van der Waals surface area (Å²) < 4.78 is 7.29. The van der Waals surface area contributed by atoms with E-state index in [0.29, 0.717) is 11.8 Å². The lowest BCUT2D eigenvalue weighted by molar-refractivity contribution is 0.397. The molecule has 0 spiro atoms. The third-order valence-electron chi connectivity index (χ3n) is 3.02. The van der Waals surface area contributed by atoms with Crippen molar-refractivity contribution in [2.75, 3.05) is 13.7 Å². The maximum Gasteiger partial charge on any atom is 0.213 e. The highest BCUT2D eigenvalue weighted by molar-refractivity contribution is 5.21. The van der Waals surface area contributed by atoms with E-state index in [-0.39, 0.29) is 0 Å². The van der Waals surface area contributed by atoms with Crippen LogP contribution < -0.4 is 10.1 Å². The van der Waals surface area contributed by atoms with Gasteiger partial charge in [-0.2, -0.15) is 0 Å². The summed E-state index contributed by atoms with van der Waals surface area (Å²) in [5.41, 5.74) is 2.33. The van der Waals surface area contributed by atoms with E-state index in [1.54, 1.807) is 13.3 Å². The molecule has 0 radical (unpaired) electrons. The standard InChI is InChI=1S/C15H22N4O/c1-12(2)7-16-8-14-9-17-11-19(14)10-13-4-5-18-15(6-13)20-3/h4-6,9,11-12,16H,7-8,10H2,1-3H3. The van der Waals surface area contributed by atoms with Gasteiger partial charge in [0.25, 0.3) is 0 Å². The van der Waals surface area contributed by atoms with Gasteiger partial charge in [-0.15, -0.1) is 0 Å². The van der Waals surface area contributed by atoms with Crippen LogP contribution in [0.25, 0.3) is 0 Å². The van der Waals surface area contributed by atoms with Crippen LogP contribution in [0.1, 0.15) is 25.1 Å². The zero-order valence-corrected chi connectivity index (χ0v) is 12.3. The van der Waals surface area contributed by atoms with E-state index in [0.717, 1.165) is 25.2 Å². The molecule has 0 bridgehead atoms. The normalized spacial score (nSPS) is 11.0. The van der Waals surface area contributed by atoms with E-state index in [4.69, 9.17) is 4.74 Å². The first kappa shape index (κ1) is 14.5. The molecule has 20 heavy (non-hydrogen) atoms. The SMILES string of the molecule is COc1cc(Cn2cncc2CNCC(C)C)ccn1. The van der Waals surface area contributed by atoms with E-state index in [2.05, 4.69) is 33.7 Å². The van der Waals surface area contributed by atoms with Crippen molar-refractivity contribution < 1.29 is 4.74 Å². The average Bonchev–Trinajstić information content (AvgIpc) is 2.86. The molecule has 0 aliphatic carbocycles. The zero-order valence-electron chi connectivity index (χ0n) is 12.3. The van der Waals surface area contributed by atoms with Gasteiger partial charge in [-0.05, 0) is 24.1 Å². The van der Waals surface area contributed by atoms with Crippen LogP contribution in [0.4, 0.5) is 0 Å². The quantitative estimate of drug-likeness (QED) is 0.840. The monoisotopic (exact) mass is 274 g/mol. The minimum Gasteiger partial charge on any atom is -0.481 e. The number of methoxy groups -OCH3 is 1. The van der Waals surface area contributed by atoms with Crippen LogP contribution >= 0.6 is 0 Å². The number of imidazole rings is 1. The van der Waals surface area contributed by atoms with Crippen molar-refractivity contribution in [2.24, 2.45) is 5.92 Å². The topological polar surface area (TPSA) is 52.0 Å². The van der Waals surface area contributed by atoms with Crippen molar-refractivity contribution in [1.29, 1.82) is 0 Å². The van der Waals surface area contributed by atoms with Crippen LogP contribution in [0.3, 0.4) is 0 Å². The largest absolute Gasteiger partial charge is 0.481 e. The molecular formula is C15H22N4O. The number of aromatic nitrogens is 3. The first-order chi connectivity index (χ1) is 9.69. The van der Waals surface area contributed by atoms with Gasteiger partial charge >= 0.3 is 0 Å². The summed E-state index contributed by atoms with van der Waals surface area (Å²) in [7, 11) is 1.63. The van der Waals surface area contributed by atoms with E-state index in [1.165, 1.54) is 5.69 Å². The fraction of sp³-hybridized carbons (Fsp3) is 0.467. The highest BCUT2D eigenvalue weighted by atomic mass is 16.5. The minimum atomic E-state index is 0.641. The van der Waals surface area contributed by atoms with Gasteiger partial charge in [0.05, 0.1) is 19.1 Å². The van der Waals surface area contributed by atoms with Gasteiger partial charge in [0.2, 0.25) is 5.88 Å². The Kier molecular flexibility index (Phi) is 5.12. The van der Waals surface area contributed by atoms with Gasteiger partial charge in [0.1, 0.15) is 0 Å². The minimum absolute atomic E-state index is 0.641. The fourth-order valence-corrected chi connectivity index (χ4v) is 1.98. The summed E-state index contributed by atoms with van der Waals surface area (Å²) in [4.78, 5) is 8.35. The second kappa shape index (κ2) is 7.05. The summed E-state index contributed by atoms with van der Waals surface area (Å²) in [6.45, 7) is 7.02. The van der Waals surface area contributed by atoms with Gasteiger partial charge < -0.3 is 14.6 Å². The maximum atomic E-state index is 5.15. The number of hydrogen-bond donors (Lipinski definition) is 1. The second-order valence-electron chi connectivity index (χ2n) is 5.24. The molecule has 1 N–H and O–H groups in total. The lowest BCUT2D eigenvalue weighted by atomic mass is 10.2. The highest BCUT2D eigenvalue weighted by Gasteiger charge is 2.04. The summed E-state index contributed by atoms with van der Waals surface area (Å²) in [6.07, 6.45) is 5.53. The molecule has 0 aromatic carbocycles. The van der Waals surface area contributed by atoms with Crippen molar-refractivity contribution >= 4 is 0 Å². The Labute approximate surface area is 120 Å². The van der Waals surface area contributed by atoms with Crippen molar-refractivity contribution in [2.45, 2.75) is 26.9 Å². The van der Waals surface area contributed by atoms with Crippen molar-refractivity contribution in [1.82, 2.24) is 19.9 Å². The predicted octanol–water partition coefficient (Wildman–Crippen LogP) is 2.08. The lowest BCUT2D eigenvalue weighted by Gasteiger charge is -2.11. The highest BCUT2D eigenvalue weighted by Crippen LogP contribution is 2.11. The first-order valence-electron chi connectivity index (χ1n) is 6.87. The molecule has 0 atom stereocenters. The van der Waals surface area contributed by atoms with Gasteiger partial charge in [-0.25, -0.2) is 9.97 Å². The molecule has 2 heterocycles. The number of hydrogen-bond acceptors (Lipinski definition) is 4. The lowest BCUT2D eigenvalue weighted by Crippen LogP contribution is -2.20. The van der Waals surface area contributed by atoms with Crippen LogP contribution in [0.15, 0.2) is 30.9 Å². The second-order valence-corrected chi connectivity index (χ2v) is 5.24. The molecular weight excluding hydrogens is 252 g/mol. The van der Waals surface area contributed by atoms with E-state index in [9.17, 15) is 0 Å².